The molecule has 0 radical (unpaired) electrons. The van der Waals surface area contributed by atoms with Gasteiger partial charge in [-0.15, -0.1) is 0 Å². The first-order valence-electron chi connectivity index (χ1n) is 3.91. The number of esters is 1. The van der Waals surface area contributed by atoms with E-state index in [2.05, 4.69) is 27.3 Å². The van der Waals surface area contributed by atoms with Crippen LogP contribution in [0.15, 0.2) is 12.1 Å². The molecular formula is C10H11IO2. The Hall–Kier alpha value is -0.580. The summed E-state index contributed by atoms with van der Waals surface area (Å²) in [5.41, 5.74) is 2.95. The fraction of sp³-hybridized carbons (Fsp3) is 0.300. The van der Waals surface area contributed by atoms with Gasteiger partial charge in [-0.3, -0.25) is 0 Å². The number of carbonyl (C=O) groups is 1. The summed E-state index contributed by atoms with van der Waals surface area (Å²) in [6, 6.07) is 3.69. The smallest absolute Gasteiger partial charge is 0.337 e. The van der Waals surface area contributed by atoms with Gasteiger partial charge in [-0.05, 0) is 59.7 Å². The van der Waals surface area contributed by atoms with Crippen LogP contribution in [0.4, 0.5) is 0 Å². The van der Waals surface area contributed by atoms with Crippen LogP contribution >= 0.6 is 22.6 Å². The Morgan fingerprint density at radius 1 is 1.38 bits per heavy atom. The first-order valence-corrected chi connectivity index (χ1v) is 4.99. The Kier molecular flexibility index (Phi) is 3.30. The molecule has 1 aromatic rings. The maximum absolute atomic E-state index is 11.2. The van der Waals surface area contributed by atoms with Crippen LogP contribution in [0.25, 0.3) is 0 Å². The third-order valence-electron chi connectivity index (χ3n) is 2.03. The van der Waals surface area contributed by atoms with E-state index in [0.717, 1.165) is 9.13 Å². The van der Waals surface area contributed by atoms with Gasteiger partial charge in [-0.25, -0.2) is 4.79 Å². The van der Waals surface area contributed by atoms with Crippen molar-refractivity contribution in [3.8, 4) is 0 Å². The van der Waals surface area contributed by atoms with Gasteiger partial charge in [0.25, 0.3) is 0 Å². The molecule has 3 heteroatoms. The van der Waals surface area contributed by atoms with Gasteiger partial charge in [-0.2, -0.15) is 0 Å². The van der Waals surface area contributed by atoms with Crippen molar-refractivity contribution in [3.05, 3.63) is 32.4 Å². The van der Waals surface area contributed by atoms with Gasteiger partial charge < -0.3 is 4.74 Å². The van der Waals surface area contributed by atoms with Crippen LogP contribution in [0.1, 0.15) is 21.5 Å². The van der Waals surface area contributed by atoms with Crippen molar-refractivity contribution in [2.24, 2.45) is 0 Å². The minimum Gasteiger partial charge on any atom is -0.465 e. The number of benzene rings is 1. The minimum atomic E-state index is -0.277. The topological polar surface area (TPSA) is 26.3 Å². The molecule has 0 fully saturated rings. The summed E-state index contributed by atoms with van der Waals surface area (Å²) in [6.45, 7) is 4.03. The normalized spacial score (nSPS) is 9.85. The molecule has 0 bridgehead atoms. The van der Waals surface area contributed by atoms with Gasteiger partial charge in [0.2, 0.25) is 0 Å². The first kappa shape index (κ1) is 10.5. The molecule has 0 heterocycles. The van der Waals surface area contributed by atoms with Crippen LogP contribution in [0.2, 0.25) is 0 Å². The predicted octanol–water partition coefficient (Wildman–Crippen LogP) is 2.69. The molecule has 0 saturated carbocycles. The summed E-state index contributed by atoms with van der Waals surface area (Å²) in [5.74, 6) is -0.277. The fourth-order valence-corrected chi connectivity index (χ4v) is 1.81. The minimum absolute atomic E-state index is 0.277. The van der Waals surface area contributed by atoms with Gasteiger partial charge >= 0.3 is 5.97 Å². The highest BCUT2D eigenvalue weighted by Crippen LogP contribution is 2.18. The lowest BCUT2D eigenvalue weighted by Gasteiger charge is -2.06. The van der Waals surface area contributed by atoms with Gasteiger partial charge in [0.05, 0.1) is 12.7 Å². The van der Waals surface area contributed by atoms with E-state index in [1.165, 1.54) is 12.7 Å². The third kappa shape index (κ3) is 2.21. The van der Waals surface area contributed by atoms with Crippen molar-refractivity contribution in [2.45, 2.75) is 13.8 Å². The number of carbonyl (C=O) groups excluding carboxylic acids is 1. The van der Waals surface area contributed by atoms with Gasteiger partial charge in [-0.1, -0.05) is 0 Å². The summed E-state index contributed by atoms with van der Waals surface area (Å²) in [6.07, 6.45) is 0. The van der Waals surface area contributed by atoms with E-state index in [9.17, 15) is 4.79 Å². The predicted molar refractivity (Wildman–Crippen MR) is 60.0 cm³/mol. The molecule has 70 valence electrons. The molecule has 0 atom stereocenters. The van der Waals surface area contributed by atoms with Crippen LogP contribution in [-0.4, -0.2) is 13.1 Å². The number of ether oxygens (including phenoxy) is 1. The number of methoxy groups -OCH3 is 1. The Bertz CT molecular complexity index is 322. The SMILES string of the molecule is COC(=O)c1cc(C)c(C)c(I)c1. The van der Waals surface area contributed by atoms with E-state index in [-0.39, 0.29) is 5.97 Å². The largest absolute Gasteiger partial charge is 0.465 e. The van der Waals surface area contributed by atoms with E-state index < -0.39 is 0 Å². The van der Waals surface area contributed by atoms with Crippen LogP contribution in [0.5, 0.6) is 0 Å². The molecular weight excluding hydrogens is 279 g/mol. The summed E-state index contributed by atoms with van der Waals surface area (Å²) in [7, 11) is 1.39. The van der Waals surface area contributed by atoms with Crippen molar-refractivity contribution in [2.75, 3.05) is 7.11 Å². The van der Waals surface area contributed by atoms with Gasteiger partial charge in [0.15, 0.2) is 0 Å². The van der Waals surface area contributed by atoms with Crippen LogP contribution in [0.3, 0.4) is 0 Å². The van der Waals surface area contributed by atoms with Gasteiger partial charge in [0.1, 0.15) is 0 Å². The van der Waals surface area contributed by atoms with E-state index in [0.29, 0.717) is 5.56 Å². The van der Waals surface area contributed by atoms with Crippen LogP contribution in [0, 0.1) is 17.4 Å². The summed E-state index contributed by atoms with van der Waals surface area (Å²) in [5, 5.41) is 0. The summed E-state index contributed by atoms with van der Waals surface area (Å²) >= 11 is 2.22. The van der Waals surface area contributed by atoms with E-state index in [1.54, 1.807) is 0 Å². The quantitative estimate of drug-likeness (QED) is 0.587. The molecule has 2 nitrogen and oxygen atoms in total. The van der Waals surface area contributed by atoms with E-state index in [1.807, 2.05) is 26.0 Å². The Morgan fingerprint density at radius 3 is 2.46 bits per heavy atom. The number of aryl methyl sites for hydroxylation is 1. The molecule has 0 amide bonds. The van der Waals surface area contributed by atoms with Crippen LogP contribution < -0.4 is 0 Å². The number of rotatable bonds is 1. The fourth-order valence-electron chi connectivity index (χ4n) is 1.05. The van der Waals surface area contributed by atoms with E-state index in [4.69, 9.17) is 0 Å². The molecule has 0 aliphatic carbocycles. The zero-order chi connectivity index (χ0) is 10.0. The first-order chi connectivity index (χ1) is 6.06. The molecule has 13 heavy (non-hydrogen) atoms. The van der Waals surface area contributed by atoms with E-state index >= 15 is 0 Å². The molecule has 1 rings (SSSR count). The molecule has 0 unspecified atom stereocenters. The van der Waals surface area contributed by atoms with Crippen molar-refractivity contribution in [3.63, 3.8) is 0 Å². The molecule has 0 aliphatic rings. The molecule has 1 aromatic carbocycles. The van der Waals surface area contributed by atoms with Crippen molar-refractivity contribution >= 4 is 28.6 Å². The van der Waals surface area contributed by atoms with Gasteiger partial charge in [0, 0.05) is 3.57 Å². The second-order valence-electron chi connectivity index (χ2n) is 2.89. The average Bonchev–Trinajstić information content (AvgIpc) is 2.12. The maximum Gasteiger partial charge on any atom is 0.337 e. The van der Waals surface area contributed by atoms with Crippen molar-refractivity contribution < 1.29 is 9.53 Å². The monoisotopic (exact) mass is 290 g/mol. The zero-order valence-corrected chi connectivity index (χ0v) is 10.0. The lowest BCUT2D eigenvalue weighted by molar-refractivity contribution is 0.0600. The molecule has 0 spiro atoms. The third-order valence-corrected chi connectivity index (χ3v) is 3.15. The second kappa shape index (κ2) is 4.09. The van der Waals surface area contributed by atoms with Crippen molar-refractivity contribution in [1.29, 1.82) is 0 Å². The highest BCUT2D eigenvalue weighted by Gasteiger charge is 2.08. The Labute approximate surface area is 91.4 Å². The molecule has 0 aliphatic heterocycles. The zero-order valence-electron chi connectivity index (χ0n) is 7.85. The standard InChI is InChI=1S/C10H11IO2/c1-6-4-8(10(12)13-3)5-9(11)7(6)2/h4-5H,1-3H3. The van der Waals surface area contributed by atoms with Crippen LogP contribution in [-0.2, 0) is 4.74 Å². The summed E-state index contributed by atoms with van der Waals surface area (Å²) < 4.78 is 5.74. The summed E-state index contributed by atoms with van der Waals surface area (Å²) in [4.78, 5) is 11.2. The highest BCUT2D eigenvalue weighted by molar-refractivity contribution is 14.1. The lowest BCUT2D eigenvalue weighted by atomic mass is 10.1. The molecule has 0 N–H and O–H groups in total. The molecule has 0 aromatic heterocycles. The lowest BCUT2D eigenvalue weighted by Crippen LogP contribution is -2.03. The number of halogens is 1. The second-order valence-corrected chi connectivity index (χ2v) is 4.05. The number of hydrogen-bond donors (Lipinski definition) is 0. The van der Waals surface area contributed by atoms with Crippen molar-refractivity contribution in [1.82, 2.24) is 0 Å². The Morgan fingerprint density at radius 2 is 2.00 bits per heavy atom. The number of hydrogen-bond acceptors (Lipinski definition) is 2. The maximum atomic E-state index is 11.2. The highest BCUT2D eigenvalue weighted by atomic mass is 127. The molecule has 0 saturated heterocycles. The average molecular weight is 290 g/mol. The Balaban J connectivity index is 3.20.